The Morgan fingerprint density at radius 1 is 1.00 bits per heavy atom. The molecule has 0 bridgehead atoms. The average Bonchev–Trinajstić information content (AvgIpc) is 3.12. The SMILES string of the molecule is O=C1CCCN1c1ccc(C(=O)N2CCCc3ccc([N+](=O)[O-])cc32)cc1. The number of carbonyl (C=O) groups is 2. The van der Waals surface area contributed by atoms with Gasteiger partial charge in [-0.25, -0.2) is 0 Å². The number of carbonyl (C=O) groups excluding carboxylic acids is 2. The summed E-state index contributed by atoms with van der Waals surface area (Å²) in [5.74, 6) is -0.0814. The monoisotopic (exact) mass is 365 g/mol. The topological polar surface area (TPSA) is 83.8 Å². The highest BCUT2D eigenvalue weighted by atomic mass is 16.6. The van der Waals surface area contributed by atoms with Crippen molar-refractivity contribution < 1.29 is 14.5 Å². The fraction of sp³-hybridized carbons (Fsp3) is 0.300. The van der Waals surface area contributed by atoms with Gasteiger partial charge in [0.15, 0.2) is 0 Å². The van der Waals surface area contributed by atoms with Crippen LogP contribution in [0.5, 0.6) is 0 Å². The first kappa shape index (κ1) is 17.2. The number of rotatable bonds is 3. The minimum absolute atomic E-state index is 0.0173. The van der Waals surface area contributed by atoms with Crippen LogP contribution >= 0.6 is 0 Å². The predicted molar refractivity (Wildman–Crippen MR) is 101 cm³/mol. The Hall–Kier alpha value is -3.22. The Labute approximate surface area is 156 Å². The van der Waals surface area contributed by atoms with Gasteiger partial charge in [-0.05, 0) is 49.1 Å². The maximum atomic E-state index is 13.0. The molecule has 0 unspecified atom stereocenters. The first-order chi connectivity index (χ1) is 13.0. The number of benzene rings is 2. The van der Waals surface area contributed by atoms with E-state index in [0.29, 0.717) is 30.8 Å². The van der Waals surface area contributed by atoms with Gasteiger partial charge in [-0.3, -0.25) is 19.7 Å². The van der Waals surface area contributed by atoms with Gasteiger partial charge in [0.25, 0.3) is 11.6 Å². The summed E-state index contributed by atoms with van der Waals surface area (Å²) in [5, 5.41) is 11.1. The second kappa shape index (κ2) is 6.83. The van der Waals surface area contributed by atoms with Crippen LogP contribution in [0.4, 0.5) is 17.1 Å². The normalized spacial score (nSPS) is 16.4. The van der Waals surface area contributed by atoms with E-state index in [0.717, 1.165) is 30.5 Å². The van der Waals surface area contributed by atoms with Gasteiger partial charge in [-0.15, -0.1) is 0 Å². The summed E-state index contributed by atoms with van der Waals surface area (Å²) in [6, 6.07) is 11.7. The molecular formula is C20H19N3O4. The fourth-order valence-electron chi connectivity index (χ4n) is 3.75. The number of non-ortho nitro benzene ring substituents is 1. The molecule has 2 aromatic carbocycles. The molecule has 0 radical (unpaired) electrons. The quantitative estimate of drug-likeness (QED) is 0.617. The van der Waals surface area contributed by atoms with Gasteiger partial charge in [0.2, 0.25) is 5.91 Å². The van der Waals surface area contributed by atoms with Gasteiger partial charge in [0, 0.05) is 42.9 Å². The van der Waals surface area contributed by atoms with E-state index in [1.54, 1.807) is 40.1 Å². The lowest BCUT2D eigenvalue weighted by atomic mass is 10.00. The molecular weight excluding hydrogens is 346 g/mol. The molecule has 1 saturated heterocycles. The predicted octanol–water partition coefficient (Wildman–Crippen LogP) is 3.31. The van der Waals surface area contributed by atoms with Crippen LogP contribution in [-0.4, -0.2) is 29.8 Å². The molecule has 0 N–H and O–H groups in total. The summed E-state index contributed by atoms with van der Waals surface area (Å²) in [6.45, 7) is 1.23. The van der Waals surface area contributed by atoms with E-state index in [1.807, 2.05) is 0 Å². The van der Waals surface area contributed by atoms with E-state index in [4.69, 9.17) is 0 Å². The molecule has 0 aliphatic carbocycles. The highest BCUT2D eigenvalue weighted by Gasteiger charge is 2.26. The summed E-state index contributed by atoms with van der Waals surface area (Å²) in [7, 11) is 0. The molecule has 138 valence electrons. The zero-order valence-corrected chi connectivity index (χ0v) is 14.8. The van der Waals surface area contributed by atoms with Crippen LogP contribution in [0.1, 0.15) is 35.2 Å². The van der Waals surface area contributed by atoms with Crippen LogP contribution in [0.3, 0.4) is 0 Å². The van der Waals surface area contributed by atoms with E-state index in [2.05, 4.69) is 0 Å². The number of fused-ring (bicyclic) bond motifs is 1. The molecule has 2 aliphatic rings. The van der Waals surface area contributed by atoms with Crippen molar-refractivity contribution in [1.29, 1.82) is 0 Å². The van der Waals surface area contributed by atoms with Crippen molar-refractivity contribution in [2.24, 2.45) is 0 Å². The maximum Gasteiger partial charge on any atom is 0.271 e. The molecule has 4 rings (SSSR count). The summed E-state index contributed by atoms with van der Waals surface area (Å²) in [4.78, 5) is 38.9. The summed E-state index contributed by atoms with van der Waals surface area (Å²) < 4.78 is 0. The van der Waals surface area contributed by atoms with E-state index in [-0.39, 0.29) is 17.5 Å². The number of hydrogen-bond acceptors (Lipinski definition) is 4. The number of nitro groups is 1. The summed E-state index contributed by atoms with van der Waals surface area (Å²) in [5.41, 5.74) is 2.84. The third-order valence-electron chi connectivity index (χ3n) is 5.14. The first-order valence-electron chi connectivity index (χ1n) is 9.04. The Balaban J connectivity index is 1.61. The molecule has 2 heterocycles. The Morgan fingerprint density at radius 2 is 1.74 bits per heavy atom. The third-order valence-corrected chi connectivity index (χ3v) is 5.14. The van der Waals surface area contributed by atoms with Gasteiger partial charge in [0.1, 0.15) is 0 Å². The van der Waals surface area contributed by atoms with Crippen molar-refractivity contribution in [3.8, 4) is 0 Å². The zero-order valence-electron chi connectivity index (χ0n) is 14.8. The molecule has 0 saturated carbocycles. The summed E-state index contributed by atoms with van der Waals surface area (Å²) >= 11 is 0. The van der Waals surface area contributed by atoms with Gasteiger partial charge >= 0.3 is 0 Å². The maximum absolute atomic E-state index is 13.0. The summed E-state index contributed by atoms with van der Waals surface area (Å²) in [6.07, 6.45) is 3.02. The van der Waals surface area contributed by atoms with Crippen molar-refractivity contribution in [1.82, 2.24) is 0 Å². The van der Waals surface area contributed by atoms with Gasteiger partial charge in [0.05, 0.1) is 10.6 Å². The lowest BCUT2D eigenvalue weighted by Gasteiger charge is -2.29. The lowest BCUT2D eigenvalue weighted by molar-refractivity contribution is -0.384. The van der Waals surface area contributed by atoms with E-state index in [1.165, 1.54) is 12.1 Å². The highest BCUT2D eigenvalue weighted by Crippen LogP contribution is 2.32. The molecule has 0 aromatic heterocycles. The second-order valence-corrected chi connectivity index (χ2v) is 6.83. The number of amides is 2. The van der Waals surface area contributed by atoms with Crippen LogP contribution in [0, 0.1) is 10.1 Å². The van der Waals surface area contributed by atoms with Gasteiger partial charge < -0.3 is 9.80 Å². The van der Waals surface area contributed by atoms with Crippen LogP contribution in [0.15, 0.2) is 42.5 Å². The van der Waals surface area contributed by atoms with Crippen LogP contribution in [-0.2, 0) is 11.2 Å². The smallest absolute Gasteiger partial charge is 0.271 e. The molecule has 27 heavy (non-hydrogen) atoms. The van der Waals surface area contributed by atoms with E-state index >= 15 is 0 Å². The minimum atomic E-state index is -0.445. The Bertz CT molecular complexity index is 923. The van der Waals surface area contributed by atoms with Crippen molar-refractivity contribution in [3.63, 3.8) is 0 Å². The first-order valence-corrected chi connectivity index (χ1v) is 9.04. The average molecular weight is 365 g/mol. The Morgan fingerprint density at radius 3 is 2.41 bits per heavy atom. The molecule has 0 spiro atoms. The van der Waals surface area contributed by atoms with E-state index < -0.39 is 4.92 Å². The molecule has 7 nitrogen and oxygen atoms in total. The number of anilines is 2. The van der Waals surface area contributed by atoms with Gasteiger partial charge in [-0.1, -0.05) is 6.07 Å². The fourth-order valence-corrected chi connectivity index (χ4v) is 3.75. The molecule has 7 heteroatoms. The standard InChI is InChI=1S/C20H19N3O4/c24-19-4-2-11-21(19)16-8-6-15(7-9-16)20(25)22-12-1-3-14-5-10-17(23(26)27)13-18(14)22/h5-10,13H,1-4,11-12H2. The Kier molecular flexibility index (Phi) is 4.35. The molecule has 0 atom stereocenters. The molecule has 1 fully saturated rings. The van der Waals surface area contributed by atoms with Crippen molar-refractivity contribution in [2.45, 2.75) is 25.7 Å². The molecule has 2 aliphatic heterocycles. The minimum Gasteiger partial charge on any atom is -0.312 e. The highest BCUT2D eigenvalue weighted by molar-refractivity contribution is 6.07. The van der Waals surface area contributed by atoms with Gasteiger partial charge in [-0.2, -0.15) is 0 Å². The number of aryl methyl sites for hydroxylation is 1. The van der Waals surface area contributed by atoms with E-state index in [9.17, 15) is 19.7 Å². The van der Waals surface area contributed by atoms with Crippen molar-refractivity contribution in [3.05, 3.63) is 63.7 Å². The van der Waals surface area contributed by atoms with Crippen LogP contribution in [0.2, 0.25) is 0 Å². The lowest BCUT2D eigenvalue weighted by Crippen LogP contribution is -2.35. The second-order valence-electron chi connectivity index (χ2n) is 6.83. The van der Waals surface area contributed by atoms with Crippen LogP contribution in [0.25, 0.3) is 0 Å². The number of hydrogen-bond donors (Lipinski definition) is 0. The number of nitrogens with zero attached hydrogens (tertiary/aromatic N) is 3. The van der Waals surface area contributed by atoms with Crippen LogP contribution < -0.4 is 9.80 Å². The van der Waals surface area contributed by atoms with Crippen molar-refractivity contribution in [2.75, 3.05) is 22.9 Å². The molecule has 2 aromatic rings. The molecule has 2 amide bonds. The van der Waals surface area contributed by atoms with Crippen molar-refractivity contribution >= 4 is 28.9 Å². The number of nitro benzene ring substituents is 1. The largest absolute Gasteiger partial charge is 0.312 e. The zero-order chi connectivity index (χ0) is 19.0. The third kappa shape index (κ3) is 3.16.